The van der Waals surface area contributed by atoms with Crippen LogP contribution in [0.3, 0.4) is 0 Å². The summed E-state index contributed by atoms with van der Waals surface area (Å²) in [6.07, 6.45) is 0. The molecule has 0 heterocycles. The fourth-order valence-electron chi connectivity index (χ4n) is 1.67. The summed E-state index contributed by atoms with van der Waals surface area (Å²) in [5.74, 6) is -2.90. The number of aryl methyl sites for hydroxylation is 2. The maximum absolute atomic E-state index is 13.6. The number of benzene rings is 2. The van der Waals surface area contributed by atoms with Crippen molar-refractivity contribution in [3.05, 3.63) is 53.1 Å². The molecule has 1 nitrogen and oxygen atoms in total. The molecule has 0 aliphatic heterocycles. The molecule has 3 heteroatoms. The summed E-state index contributed by atoms with van der Waals surface area (Å²) in [6, 6.07) is 7.91. The minimum Gasteiger partial charge on any atom is -0.505 e. The van der Waals surface area contributed by atoms with Crippen LogP contribution >= 0.6 is 0 Å². The van der Waals surface area contributed by atoms with Crippen LogP contribution in [-0.2, 0) is 0 Å². The number of phenols is 1. The minimum absolute atomic E-state index is 0.156. The van der Waals surface area contributed by atoms with E-state index >= 15 is 0 Å². The van der Waals surface area contributed by atoms with Crippen molar-refractivity contribution < 1.29 is 13.9 Å². The summed E-state index contributed by atoms with van der Waals surface area (Å²) in [6.45, 7) is 3.86. The molecule has 0 aliphatic carbocycles. The second-order valence-electron chi connectivity index (χ2n) is 4.06. The van der Waals surface area contributed by atoms with Gasteiger partial charge in [-0.1, -0.05) is 18.2 Å². The zero-order valence-corrected chi connectivity index (χ0v) is 9.59. The van der Waals surface area contributed by atoms with E-state index in [-0.39, 0.29) is 5.56 Å². The average molecular weight is 234 g/mol. The molecule has 0 saturated heterocycles. The topological polar surface area (TPSA) is 20.2 Å². The molecular formula is C14H12F2O. The van der Waals surface area contributed by atoms with Crippen molar-refractivity contribution >= 4 is 0 Å². The number of rotatable bonds is 1. The quantitative estimate of drug-likeness (QED) is 0.792. The lowest BCUT2D eigenvalue weighted by molar-refractivity contribution is 0.408. The third-order valence-corrected chi connectivity index (χ3v) is 2.88. The molecule has 88 valence electrons. The number of hydrogen-bond donors (Lipinski definition) is 1. The van der Waals surface area contributed by atoms with Crippen LogP contribution in [0, 0.1) is 25.5 Å². The van der Waals surface area contributed by atoms with Crippen molar-refractivity contribution in [1.29, 1.82) is 0 Å². The van der Waals surface area contributed by atoms with E-state index in [1.165, 1.54) is 6.07 Å². The van der Waals surface area contributed by atoms with Crippen LogP contribution < -0.4 is 0 Å². The van der Waals surface area contributed by atoms with Crippen molar-refractivity contribution in [3.63, 3.8) is 0 Å². The van der Waals surface area contributed by atoms with Gasteiger partial charge in [-0.05, 0) is 42.7 Å². The van der Waals surface area contributed by atoms with Gasteiger partial charge in [-0.25, -0.2) is 4.39 Å². The van der Waals surface area contributed by atoms with Crippen LogP contribution in [0.5, 0.6) is 5.75 Å². The van der Waals surface area contributed by atoms with Crippen LogP contribution in [0.1, 0.15) is 11.1 Å². The maximum Gasteiger partial charge on any atom is 0.200 e. The van der Waals surface area contributed by atoms with E-state index in [2.05, 4.69) is 0 Å². The van der Waals surface area contributed by atoms with Gasteiger partial charge in [0.05, 0.1) is 0 Å². The Balaban J connectivity index is 2.61. The molecule has 0 amide bonds. The van der Waals surface area contributed by atoms with Crippen molar-refractivity contribution in [1.82, 2.24) is 0 Å². The lowest BCUT2D eigenvalue weighted by Gasteiger charge is -2.08. The van der Waals surface area contributed by atoms with E-state index in [0.29, 0.717) is 5.56 Å². The van der Waals surface area contributed by atoms with Crippen LogP contribution in [0.2, 0.25) is 0 Å². The molecule has 0 radical (unpaired) electrons. The zero-order chi connectivity index (χ0) is 12.6. The molecule has 0 aromatic heterocycles. The van der Waals surface area contributed by atoms with Crippen LogP contribution in [0.25, 0.3) is 11.1 Å². The van der Waals surface area contributed by atoms with Crippen LogP contribution in [-0.4, -0.2) is 5.11 Å². The molecule has 0 fully saturated rings. The molecule has 17 heavy (non-hydrogen) atoms. The lowest BCUT2D eigenvalue weighted by atomic mass is 10.00. The molecule has 0 bridgehead atoms. The number of halogens is 2. The van der Waals surface area contributed by atoms with Crippen LogP contribution in [0.4, 0.5) is 8.78 Å². The highest BCUT2D eigenvalue weighted by atomic mass is 19.2. The molecule has 0 aliphatic rings. The smallest absolute Gasteiger partial charge is 0.200 e. The summed E-state index contributed by atoms with van der Waals surface area (Å²) in [5, 5.41) is 9.06. The Labute approximate surface area is 98.3 Å². The maximum atomic E-state index is 13.6. The molecule has 0 unspecified atom stereocenters. The summed E-state index contributed by atoms with van der Waals surface area (Å²) in [4.78, 5) is 0. The average Bonchev–Trinajstić information content (AvgIpc) is 2.30. The second kappa shape index (κ2) is 4.17. The van der Waals surface area contributed by atoms with E-state index < -0.39 is 17.4 Å². The Morgan fingerprint density at radius 3 is 2.24 bits per heavy atom. The monoisotopic (exact) mass is 234 g/mol. The predicted molar refractivity (Wildman–Crippen MR) is 62.9 cm³/mol. The fourth-order valence-corrected chi connectivity index (χ4v) is 1.67. The highest BCUT2D eigenvalue weighted by Gasteiger charge is 2.14. The molecule has 0 spiro atoms. The van der Waals surface area contributed by atoms with Gasteiger partial charge in [0.15, 0.2) is 11.6 Å². The van der Waals surface area contributed by atoms with E-state index in [9.17, 15) is 8.78 Å². The van der Waals surface area contributed by atoms with Crippen molar-refractivity contribution in [2.24, 2.45) is 0 Å². The van der Waals surface area contributed by atoms with Gasteiger partial charge >= 0.3 is 0 Å². The van der Waals surface area contributed by atoms with Crippen LogP contribution in [0.15, 0.2) is 30.3 Å². The number of aromatic hydroxyl groups is 1. The second-order valence-corrected chi connectivity index (χ2v) is 4.06. The van der Waals surface area contributed by atoms with Gasteiger partial charge in [0.25, 0.3) is 0 Å². The molecule has 1 N–H and O–H groups in total. The third kappa shape index (κ3) is 2.00. The number of phenolic OH excluding ortho intramolecular Hbond substituents is 1. The highest BCUT2D eigenvalue weighted by molar-refractivity contribution is 5.66. The van der Waals surface area contributed by atoms with Gasteiger partial charge in [-0.3, -0.25) is 0 Å². The van der Waals surface area contributed by atoms with Gasteiger partial charge in [-0.15, -0.1) is 0 Å². The van der Waals surface area contributed by atoms with E-state index in [1.807, 2.05) is 19.9 Å². The van der Waals surface area contributed by atoms with E-state index in [1.54, 1.807) is 12.1 Å². The van der Waals surface area contributed by atoms with Crippen molar-refractivity contribution in [2.75, 3.05) is 0 Å². The summed E-state index contributed by atoms with van der Waals surface area (Å²) in [5.41, 5.74) is 2.86. The normalized spacial score (nSPS) is 10.6. The zero-order valence-electron chi connectivity index (χ0n) is 9.59. The molecule has 0 atom stereocenters. The van der Waals surface area contributed by atoms with Crippen molar-refractivity contribution in [3.8, 4) is 16.9 Å². The van der Waals surface area contributed by atoms with Gasteiger partial charge < -0.3 is 5.11 Å². The summed E-state index contributed by atoms with van der Waals surface area (Å²) in [7, 11) is 0. The van der Waals surface area contributed by atoms with Gasteiger partial charge in [0, 0.05) is 5.56 Å². The first kappa shape index (κ1) is 11.6. The predicted octanol–water partition coefficient (Wildman–Crippen LogP) is 3.95. The van der Waals surface area contributed by atoms with Gasteiger partial charge in [0.2, 0.25) is 5.82 Å². The SMILES string of the molecule is Cc1ccc(-c2ccc(O)c(F)c2F)cc1C. The molecule has 0 saturated carbocycles. The lowest BCUT2D eigenvalue weighted by Crippen LogP contribution is -1.91. The first-order valence-corrected chi connectivity index (χ1v) is 5.25. The third-order valence-electron chi connectivity index (χ3n) is 2.88. The summed E-state index contributed by atoms with van der Waals surface area (Å²) < 4.78 is 26.9. The molecule has 2 rings (SSSR count). The molecule has 2 aromatic carbocycles. The Morgan fingerprint density at radius 1 is 0.882 bits per heavy atom. The summed E-state index contributed by atoms with van der Waals surface area (Å²) >= 11 is 0. The first-order valence-electron chi connectivity index (χ1n) is 5.25. The largest absolute Gasteiger partial charge is 0.505 e. The van der Waals surface area contributed by atoms with Gasteiger partial charge in [0.1, 0.15) is 0 Å². The minimum atomic E-state index is -1.21. The Morgan fingerprint density at radius 2 is 1.59 bits per heavy atom. The van der Waals surface area contributed by atoms with E-state index in [4.69, 9.17) is 5.11 Å². The Kier molecular flexibility index (Phi) is 2.84. The number of hydrogen-bond acceptors (Lipinski definition) is 1. The highest BCUT2D eigenvalue weighted by Crippen LogP contribution is 2.29. The van der Waals surface area contributed by atoms with Gasteiger partial charge in [-0.2, -0.15) is 4.39 Å². The fraction of sp³-hybridized carbons (Fsp3) is 0.143. The first-order chi connectivity index (χ1) is 8.00. The Bertz CT molecular complexity index is 577. The molecular weight excluding hydrogens is 222 g/mol. The van der Waals surface area contributed by atoms with E-state index in [0.717, 1.165) is 17.2 Å². The Hall–Kier alpha value is -1.90. The molecule has 2 aromatic rings. The van der Waals surface area contributed by atoms with Crippen molar-refractivity contribution in [2.45, 2.75) is 13.8 Å². The standard InChI is InChI=1S/C14H12F2O/c1-8-3-4-10(7-9(8)2)11-5-6-12(17)14(16)13(11)15/h3-7,17H,1-2H3.